The Hall–Kier alpha value is -2.50. The molecule has 2 aliphatic heterocycles. The number of rotatable bonds is 6. The van der Waals surface area contributed by atoms with Gasteiger partial charge >= 0.3 is 6.03 Å². The predicted octanol–water partition coefficient (Wildman–Crippen LogP) is 2.68. The van der Waals surface area contributed by atoms with E-state index < -0.39 is 6.04 Å². The average Bonchev–Trinajstić information content (AvgIpc) is 2.95. The van der Waals surface area contributed by atoms with Gasteiger partial charge in [0.05, 0.1) is 31.0 Å². The van der Waals surface area contributed by atoms with Gasteiger partial charge in [-0.3, -0.25) is 9.69 Å². The number of hydrogen-bond donors (Lipinski definition) is 1. The third-order valence-electron chi connectivity index (χ3n) is 4.92. The van der Waals surface area contributed by atoms with E-state index in [0.29, 0.717) is 17.9 Å². The van der Waals surface area contributed by atoms with E-state index in [1.165, 1.54) is 0 Å². The molecule has 0 aliphatic carbocycles. The maximum atomic E-state index is 13.0. The minimum absolute atomic E-state index is 0.00820. The Labute approximate surface area is 148 Å². The summed E-state index contributed by atoms with van der Waals surface area (Å²) in [7, 11) is 3.31. The normalized spacial score (nSPS) is 20.0. The number of carbonyl (C=O) groups excluding carboxylic acids is 2. The van der Waals surface area contributed by atoms with Gasteiger partial charge in [0, 0.05) is 19.2 Å². The topological polar surface area (TPSA) is 61.9 Å². The highest BCUT2D eigenvalue weighted by Gasteiger charge is 2.43. The van der Waals surface area contributed by atoms with Crippen LogP contribution < -0.4 is 10.1 Å². The molecule has 1 N–H and O–H groups in total. The number of urea groups is 1. The zero-order valence-corrected chi connectivity index (χ0v) is 15.0. The fourth-order valence-corrected chi connectivity index (χ4v) is 3.49. The lowest BCUT2D eigenvalue weighted by Gasteiger charge is -2.31. The van der Waals surface area contributed by atoms with Crippen LogP contribution in [0.5, 0.6) is 5.75 Å². The molecule has 0 fully saturated rings. The molecule has 0 spiro atoms. The molecule has 0 bridgehead atoms. The number of ether oxygens (including phenoxy) is 1. The van der Waals surface area contributed by atoms with Crippen LogP contribution in [0, 0.1) is 0 Å². The smallest absolute Gasteiger partial charge is 0.322 e. The first kappa shape index (κ1) is 17.3. The molecule has 0 saturated heterocycles. The summed E-state index contributed by atoms with van der Waals surface area (Å²) in [6.45, 7) is 3.36. The summed E-state index contributed by atoms with van der Waals surface area (Å²) in [6, 6.07) is 6.84. The Balaban J connectivity index is 1.95. The first-order valence-electron chi connectivity index (χ1n) is 8.78. The molecule has 1 unspecified atom stereocenters. The van der Waals surface area contributed by atoms with Crippen molar-refractivity contribution in [3.05, 3.63) is 41.1 Å². The van der Waals surface area contributed by atoms with E-state index in [0.717, 1.165) is 37.1 Å². The summed E-state index contributed by atoms with van der Waals surface area (Å²) in [5.41, 5.74) is 2.26. The first-order chi connectivity index (χ1) is 12.1. The quantitative estimate of drug-likeness (QED) is 0.808. The van der Waals surface area contributed by atoms with Crippen LogP contribution in [-0.2, 0) is 4.79 Å². The van der Waals surface area contributed by atoms with Crippen LogP contribution in [0.3, 0.4) is 0 Å². The Bertz CT molecular complexity index is 714. The van der Waals surface area contributed by atoms with Crippen molar-refractivity contribution in [2.45, 2.75) is 32.2 Å². The van der Waals surface area contributed by atoms with Crippen molar-refractivity contribution >= 4 is 11.9 Å². The minimum Gasteiger partial charge on any atom is -0.496 e. The van der Waals surface area contributed by atoms with Crippen LogP contribution >= 0.6 is 0 Å². The van der Waals surface area contributed by atoms with Gasteiger partial charge in [-0.15, -0.1) is 0 Å². The Kier molecular flexibility index (Phi) is 4.97. The lowest BCUT2D eigenvalue weighted by atomic mass is 9.95. The van der Waals surface area contributed by atoms with Crippen molar-refractivity contribution in [3.63, 3.8) is 0 Å². The molecule has 2 aliphatic rings. The van der Waals surface area contributed by atoms with Crippen molar-refractivity contribution in [1.29, 1.82) is 0 Å². The highest BCUT2D eigenvalue weighted by molar-refractivity contribution is 6.01. The summed E-state index contributed by atoms with van der Waals surface area (Å²) in [4.78, 5) is 28.8. The van der Waals surface area contributed by atoms with E-state index in [4.69, 9.17) is 4.74 Å². The van der Waals surface area contributed by atoms with Crippen molar-refractivity contribution in [1.82, 2.24) is 15.1 Å². The van der Waals surface area contributed by atoms with Crippen LogP contribution in [0.25, 0.3) is 0 Å². The maximum absolute atomic E-state index is 13.0. The standard InChI is InChI=1S/C19H25N3O3/c1-4-5-8-11-22-12-14-16(18(22)23)17(20-19(24)21(14)2)13-9-6-7-10-15(13)25-3/h6-7,9-10,17H,4-5,8,11-12H2,1-3H3,(H,20,24). The number of likely N-dealkylation sites (N-methyl/N-ethyl adjacent to an activating group) is 1. The molecule has 1 aromatic carbocycles. The van der Waals surface area contributed by atoms with Crippen LogP contribution in [-0.4, -0.2) is 49.0 Å². The molecule has 1 atom stereocenters. The molecule has 0 saturated carbocycles. The molecule has 0 aromatic heterocycles. The molecule has 2 heterocycles. The van der Waals surface area contributed by atoms with Crippen LogP contribution in [0.2, 0.25) is 0 Å². The minimum atomic E-state index is -0.474. The molecule has 25 heavy (non-hydrogen) atoms. The second-order valence-electron chi connectivity index (χ2n) is 6.48. The fourth-order valence-electron chi connectivity index (χ4n) is 3.49. The monoisotopic (exact) mass is 343 g/mol. The van der Waals surface area contributed by atoms with E-state index in [-0.39, 0.29) is 11.9 Å². The highest BCUT2D eigenvalue weighted by atomic mass is 16.5. The second kappa shape index (κ2) is 7.17. The number of carbonyl (C=O) groups is 2. The van der Waals surface area contributed by atoms with Gasteiger partial charge < -0.3 is 15.0 Å². The van der Waals surface area contributed by atoms with Crippen LogP contribution in [0.15, 0.2) is 35.5 Å². The molecular formula is C19H25N3O3. The summed E-state index contributed by atoms with van der Waals surface area (Å²) < 4.78 is 5.44. The van der Waals surface area contributed by atoms with Crippen molar-refractivity contribution < 1.29 is 14.3 Å². The zero-order chi connectivity index (χ0) is 18.0. The van der Waals surface area contributed by atoms with Gasteiger partial charge in [0.25, 0.3) is 5.91 Å². The Morgan fingerprint density at radius 2 is 2.00 bits per heavy atom. The molecule has 6 nitrogen and oxygen atoms in total. The number of hydrogen-bond acceptors (Lipinski definition) is 3. The average molecular weight is 343 g/mol. The van der Waals surface area contributed by atoms with E-state index in [1.54, 1.807) is 19.1 Å². The lowest BCUT2D eigenvalue weighted by Crippen LogP contribution is -2.45. The summed E-state index contributed by atoms with van der Waals surface area (Å²) in [6.07, 6.45) is 3.18. The number of para-hydroxylation sites is 1. The summed E-state index contributed by atoms with van der Waals surface area (Å²) in [5.74, 6) is 0.676. The summed E-state index contributed by atoms with van der Waals surface area (Å²) in [5, 5.41) is 2.95. The van der Waals surface area contributed by atoms with Crippen LogP contribution in [0.1, 0.15) is 37.8 Å². The predicted molar refractivity (Wildman–Crippen MR) is 95.2 cm³/mol. The third-order valence-corrected chi connectivity index (χ3v) is 4.92. The number of unbranched alkanes of at least 4 members (excludes halogenated alkanes) is 2. The molecule has 3 rings (SSSR count). The van der Waals surface area contributed by atoms with Gasteiger partial charge in [-0.2, -0.15) is 0 Å². The van der Waals surface area contributed by atoms with Gasteiger partial charge in [-0.1, -0.05) is 38.0 Å². The third kappa shape index (κ3) is 3.08. The molecule has 3 amide bonds. The van der Waals surface area contributed by atoms with E-state index >= 15 is 0 Å². The number of nitrogens with zero attached hydrogens (tertiary/aromatic N) is 2. The van der Waals surface area contributed by atoms with Crippen LogP contribution in [0.4, 0.5) is 4.79 Å². The van der Waals surface area contributed by atoms with Gasteiger partial charge in [-0.05, 0) is 12.5 Å². The van der Waals surface area contributed by atoms with Gasteiger partial charge in [0.15, 0.2) is 0 Å². The number of amides is 3. The van der Waals surface area contributed by atoms with Gasteiger partial charge in [-0.25, -0.2) is 4.79 Å². The van der Waals surface area contributed by atoms with Gasteiger partial charge in [0.1, 0.15) is 5.75 Å². The largest absolute Gasteiger partial charge is 0.496 e. The molecule has 1 aromatic rings. The van der Waals surface area contributed by atoms with Crippen molar-refractivity contribution in [2.24, 2.45) is 0 Å². The SMILES string of the molecule is CCCCCN1CC2=C(C1=O)C(c1ccccc1OC)NC(=O)N2C. The fraction of sp³-hybridized carbons (Fsp3) is 0.474. The van der Waals surface area contributed by atoms with Gasteiger partial charge in [0.2, 0.25) is 0 Å². The van der Waals surface area contributed by atoms with E-state index in [2.05, 4.69) is 12.2 Å². The molecular weight excluding hydrogens is 318 g/mol. The second-order valence-corrected chi connectivity index (χ2v) is 6.48. The Morgan fingerprint density at radius 3 is 2.72 bits per heavy atom. The highest BCUT2D eigenvalue weighted by Crippen LogP contribution is 2.38. The number of nitrogens with one attached hydrogen (secondary N) is 1. The molecule has 134 valence electrons. The van der Waals surface area contributed by atoms with Crippen molar-refractivity contribution in [3.8, 4) is 5.75 Å². The maximum Gasteiger partial charge on any atom is 0.322 e. The lowest BCUT2D eigenvalue weighted by molar-refractivity contribution is -0.125. The van der Waals surface area contributed by atoms with Crippen molar-refractivity contribution in [2.75, 3.05) is 27.2 Å². The summed E-state index contributed by atoms with van der Waals surface area (Å²) >= 11 is 0. The van der Waals surface area contributed by atoms with E-state index in [9.17, 15) is 9.59 Å². The number of methoxy groups -OCH3 is 1. The first-order valence-corrected chi connectivity index (χ1v) is 8.78. The zero-order valence-electron chi connectivity index (χ0n) is 15.0. The Morgan fingerprint density at radius 1 is 1.24 bits per heavy atom. The van der Waals surface area contributed by atoms with E-state index in [1.807, 2.05) is 29.2 Å². The number of benzene rings is 1. The molecule has 0 radical (unpaired) electrons. The molecule has 6 heteroatoms.